The summed E-state index contributed by atoms with van der Waals surface area (Å²) in [4.78, 5) is 21.6. The van der Waals surface area contributed by atoms with Crippen LogP contribution < -0.4 is 26.0 Å². The van der Waals surface area contributed by atoms with Gasteiger partial charge in [-0.3, -0.25) is 32.3 Å². The number of rotatable bonds is 15. The summed E-state index contributed by atoms with van der Waals surface area (Å²) in [6.07, 6.45) is -1.25. The van der Waals surface area contributed by atoms with Crippen molar-refractivity contribution in [1.29, 1.82) is 0 Å². The van der Waals surface area contributed by atoms with Crippen LogP contribution in [0, 0.1) is 6.08 Å². The molecule has 0 amide bonds. The Hall–Kier alpha value is -5.66. The minimum Gasteiger partial charge on any atom is -0.450 e. The van der Waals surface area contributed by atoms with Crippen molar-refractivity contribution in [3.63, 3.8) is 0 Å². The second kappa shape index (κ2) is 18.9. The fourth-order valence-corrected chi connectivity index (χ4v) is 10.2. The molecule has 3 aromatic carbocycles. The lowest BCUT2D eigenvalue weighted by Crippen LogP contribution is -2.24. The number of benzene rings is 4. The lowest BCUT2D eigenvalue weighted by molar-refractivity contribution is 0.281. The van der Waals surface area contributed by atoms with Gasteiger partial charge in [0.05, 0.1) is 40.5 Å². The lowest BCUT2D eigenvalue weighted by Gasteiger charge is -2.26. The number of hydrogen-bond donors (Lipinski definition) is 9. The molecule has 1 atom stereocenters. The van der Waals surface area contributed by atoms with Gasteiger partial charge in [-0.05, 0) is 55.5 Å². The van der Waals surface area contributed by atoms with Crippen molar-refractivity contribution < 1.29 is 82.9 Å². The third-order valence-electron chi connectivity index (χ3n) is 8.93. The standard InChI is InChI=1S/C34H30Cl2FN9O18S5/c1-14(39-33-44-32(37)45-34(46-33)41-16-3-5-17(6-4-16)65(47,48)12-11-61-68(55,56)57)13-38-20-9-7-18-26(30(20)66(49,50)51)62-28-22(35)25-29(23(36)24(28)42-18)63-27-19(43-25)8-10-21(31(27)67(52,53)54)40-15(2)64-69(58,59)60/h3-10,14,43,58-60H,11-13H2,1-2H3,(H,49,50,51)(H,52,53,54)(H,55,56,57)(H2,39,41,44,45,46). The minimum absolute atomic E-state index is 0.159. The summed E-state index contributed by atoms with van der Waals surface area (Å²) >= 11 is 8.88. The molecule has 3 aliphatic rings. The number of halogens is 3. The van der Waals surface area contributed by atoms with Crippen molar-refractivity contribution in [3.8, 4) is 23.0 Å². The quantitative estimate of drug-likeness (QED) is 0.0251. The molecule has 27 nitrogen and oxygen atoms in total. The molecule has 0 radical (unpaired) electrons. The molecule has 3 heterocycles. The number of nitrogens with zero attached hydrogens (tertiary/aromatic N) is 6. The van der Waals surface area contributed by atoms with E-state index in [1.807, 2.05) is 0 Å². The average molecular weight is 1100 g/mol. The first-order chi connectivity index (χ1) is 32.0. The van der Waals surface area contributed by atoms with Gasteiger partial charge in [0.1, 0.15) is 26.9 Å². The summed E-state index contributed by atoms with van der Waals surface area (Å²) in [6.45, 7) is 1.44. The van der Waals surface area contributed by atoms with Crippen molar-refractivity contribution in [2.75, 3.05) is 34.9 Å². The van der Waals surface area contributed by atoms with Crippen LogP contribution in [-0.4, -0.2) is 112 Å². The maximum atomic E-state index is 14.5. The number of hydrogen-bond acceptors (Lipinski definition) is 24. The van der Waals surface area contributed by atoms with Crippen LogP contribution in [0.5, 0.6) is 11.5 Å². The minimum atomic E-state index is -5.20. The highest BCUT2D eigenvalue weighted by Crippen LogP contribution is 2.55. The molecule has 1 aromatic heterocycles. The van der Waals surface area contributed by atoms with Gasteiger partial charge in [-0.15, -0.1) is 0 Å². The lowest BCUT2D eigenvalue weighted by atomic mass is 10.1. The number of ether oxygens (including phenoxy) is 1. The van der Waals surface area contributed by atoms with Gasteiger partial charge < -0.3 is 29.3 Å². The van der Waals surface area contributed by atoms with Crippen molar-refractivity contribution in [1.82, 2.24) is 19.9 Å². The summed E-state index contributed by atoms with van der Waals surface area (Å²) in [7, 11) is -19.3. The number of aliphatic imine (C=N–C) groups is 1. The zero-order chi connectivity index (χ0) is 50.6. The number of sulfone groups is 1. The molecule has 0 bridgehead atoms. The Morgan fingerprint density at radius 3 is 2.14 bits per heavy atom. The fourth-order valence-electron chi connectivity index (χ4n) is 6.25. The van der Waals surface area contributed by atoms with E-state index < -0.39 is 109 Å². The van der Waals surface area contributed by atoms with E-state index in [0.717, 1.165) is 31.2 Å². The molecule has 9 N–H and O–H groups in total. The largest absolute Gasteiger partial charge is 0.450 e. The number of nitrogens with one attached hydrogen (secondary N) is 3. The molecular weight excluding hydrogens is 1070 g/mol. The summed E-state index contributed by atoms with van der Waals surface area (Å²) in [5.74, 6) is -3.59. The first kappa shape index (κ1) is 51.2. The predicted octanol–water partition coefficient (Wildman–Crippen LogP) is 5.85. The number of fused-ring (bicyclic) bond motifs is 4. The normalized spacial score (nSPS) is 14.4. The summed E-state index contributed by atoms with van der Waals surface area (Å²) in [5, 5.41) is 7.13. The smallest absolute Gasteiger partial charge is 0.397 e. The van der Waals surface area contributed by atoms with Crippen LogP contribution in [-0.2, 0) is 48.8 Å². The van der Waals surface area contributed by atoms with Crippen LogP contribution in [0.25, 0.3) is 22.6 Å². The highest BCUT2D eigenvalue weighted by molar-refractivity contribution is 8.15. The molecular formula is C34H30Cl2FN9O18S5. The van der Waals surface area contributed by atoms with Gasteiger partial charge in [0.15, 0.2) is 42.5 Å². The SMILES string of the molecule is CC(=Nc1ccc2c(c1S(=O)(=O)O)Oc1c(c(Cl)c3oc4c(S(=O)(=O)O)c(=NCC(C)Nc5nc(F)nc(Nc6ccc(S(=O)(=O)CCOS(=O)(=O)O)cc6)n5)ccc-4nc3c1Cl)N2)OS(O)(O)O. The maximum Gasteiger partial charge on any atom is 0.397 e. The van der Waals surface area contributed by atoms with Crippen molar-refractivity contribution in [3.05, 3.63) is 70.0 Å². The highest BCUT2D eigenvalue weighted by Gasteiger charge is 2.35. The highest BCUT2D eigenvalue weighted by atomic mass is 35.5. The number of anilines is 5. The van der Waals surface area contributed by atoms with Gasteiger partial charge in [-0.2, -0.15) is 44.6 Å². The Bertz CT molecular complexity index is 3610. The fraction of sp³-hybridized carbons (Fsp3) is 0.176. The van der Waals surface area contributed by atoms with Crippen LogP contribution in [0.1, 0.15) is 13.8 Å². The van der Waals surface area contributed by atoms with Gasteiger partial charge in [-0.25, -0.2) is 22.6 Å². The Labute approximate surface area is 399 Å². The monoisotopic (exact) mass is 1100 g/mol. The third kappa shape index (κ3) is 11.9. The molecule has 1 aliphatic carbocycles. The average Bonchev–Trinajstić information content (AvgIpc) is 3.21. The molecule has 4 aromatic rings. The molecule has 69 heavy (non-hydrogen) atoms. The van der Waals surface area contributed by atoms with Crippen LogP contribution in [0.2, 0.25) is 10.0 Å². The molecule has 7 rings (SSSR count). The van der Waals surface area contributed by atoms with Gasteiger partial charge in [0.25, 0.3) is 11.2 Å². The molecule has 370 valence electrons. The van der Waals surface area contributed by atoms with Crippen LogP contribution in [0.4, 0.5) is 39.0 Å². The maximum absolute atomic E-state index is 14.5. The Balaban J connectivity index is 1.16. The Morgan fingerprint density at radius 2 is 1.51 bits per heavy atom. The van der Waals surface area contributed by atoms with Crippen LogP contribution in [0.15, 0.2) is 77.6 Å². The molecule has 0 spiro atoms. The predicted molar refractivity (Wildman–Crippen MR) is 242 cm³/mol. The number of aromatic nitrogens is 4. The van der Waals surface area contributed by atoms with E-state index >= 15 is 0 Å². The Morgan fingerprint density at radius 1 is 0.841 bits per heavy atom. The summed E-state index contributed by atoms with van der Waals surface area (Å²) in [6, 6.07) is 8.70. The van der Waals surface area contributed by atoms with E-state index in [1.165, 1.54) is 31.2 Å². The Kier molecular flexibility index (Phi) is 14.0. The van der Waals surface area contributed by atoms with E-state index in [0.29, 0.717) is 0 Å². The van der Waals surface area contributed by atoms with Crippen molar-refractivity contribution >= 4 is 126 Å². The van der Waals surface area contributed by atoms with E-state index in [9.17, 15) is 60.8 Å². The molecule has 35 heteroatoms. The molecule has 1 unspecified atom stereocenters. The van der Waals surface area contributed by atoms with Gasteiger partial charge >= 0.3 is 36.7 Å². The second-order valence-electron chi connectivity index (χ2n) is 14.0. The molecule has 0 fully saturated rings. The van der Waals surface area contributed by atoms with Crippen LogP contribution in [0.3, 0.4) is 0 Å². The molecule has 0 saturated heterocycles. The van der Waals surface area contributed by atoms with E-state index in [4.69, 9.17) is 36.9 Å². The van der Waals surface area contributed by atoms with Crippen LogP contribution >= 0.6 is 34.4 Å². The third-order valence-corrected chi connectivity index (χ3v) is 14.1. The zero-order valence-electron chi connectivity index (χ0n) is 34.3. The first-order valence-corrected chi connectivity index (χ1v) is 26.6. The summed E-state index contributed by atoms with van der Waals surface area (Å²) in [5.41, 5.74) is -1.57. The summed E-state index contributed by atoms with van der Waals surface area (Å²) < 4.78 is 189. The van der Waals surface area contributed by atoms with E-state index in [2.05, 4.69) is 54.2 Å². The van der Waals surface area contributed by atoms with Gasteiger partial charge in [-0.1, -0.05) is 23.2 Å². The zero-order valence-corrected chi connectivity index (χ0v) is 39.9. The second-order valence-corrected chi connectivity index (χ2v) is 21.8. The van der Waals surface area contributed by atoms with Crippen molar-refractivity contribution in [2.45, 2.75) is 34.6 Å². The topological polar surface area (TPSA) is 411 Å². The molecule has 2 aliphatic heterocycles. The van der Waals surface area contributed by atoms with Gasteiger partial charge in [0, 0.05) is 18.7 Å². The first-order valence-electron chi connectivity index (χ1n) is 18.5. The molecule has 0 saturated carbocycles. The van der Waals surface area contributed by atoms with E-state index in [1.54, 1.807) is 0 Å². The van der Waals surface area contributed by atoms with Crippen molar-refractivity contribution in [2.24, 2.45) is 9.98 Å². The van der Waals surface area contributed by atoms with Gasteiger partial charge in [0.2, 0.25) is 17.8 Å². The van der Waals surface area contributed by atoms with E-state index in [-0.39, 0.29) is 78.3 Å².